The van der Waals surface area contributed by atoms with Gasteiger partial charge < -0.3 is 0 Å². The third kappa shape index (κ3) is 3.37. The van der Waals surface area contributed by atoms with Crippen LogP contribution >= 0.6 is 0 Å². The second-order valence-corrected chi connectivity index (χ2v) is 6.32. The molecule has 0 saturated heterocycles. The van der Waals surface area contributed by atoms with Crippen molar-refractivity contribution in [3.8, 4) is 0 Å². The second kappa shape index (κ2) is 5.73. The van der Waals surface area contributed by atoms with Crippen LogP contribution in [0.25, 0.3) is 0 Å². The van der Waals surface area contributed by atoms with Gasteiger partial charge in [-0.05, 0) is 26.0 Å². The van der Waals surface area contributed by atoms with Gasteiger partial charge in [0.25, 0.3) is 0 Å². The minimum atomic E-state index is -5.77. The maximum Gasteiger partial charge on any atom is 0.436 e. The summed E-state index contributed by atoms with van der Waals surface area (Å²) in [6.07, 6.45) is -5.77. The first kappa shape index (κ1) is 18.8. The van der Waals surface area contributed by atoms with Gasteiger partial charge in [-0.2, -0.15) is 30.2 Å². The molecule has 1 aromatic rings. The largest absolute Gasteiger partial charge is 0.436 e. The molecule has 0 amide bonds. The normalized spacial score (nSPS) is 16.4. The van der Waals surface area contributed by atoms with E-state index in [4.69, 9.17) is 0 Å². The van der Waals surface area contributed by atoms with Crippen LogP contribution in [0.5, 0.6) is 0 Å². The fourth-order valence-electron chi connectivity index (χ4n) is 1.33. The maximum atomic E-state index is 13.4. The van der Waals surface area contributed by atoms with Crippen molar-refractivity contribution in [2.45, 2.75) is 36.4 Å². The van der Waals surface area contributed by atoms with Gasteiger partial charge in [0.1, 0.15) is 6.67 Å². The highest BCUT2D eigenvalue weighted by Gasteiger charge is 2.71. The third-order valence-electron chi connectivity index (χ3n) is 2.80. The molecule has 3 nitrogen and oxygen atoms in total. The highest BCUT2D eigenvalue weighted by atomic mass is 32.2. The van der Waals surface area contributed by atoms with Crippen LogP contribution in [0.3, 0.4) is 0 Å². The number of hydrogen-bond donors (Lipinski definition) is 0. The van der Waals surface area contributed by atoms with Gasteiger partial charge in [0.05, 0.1) is 4.90 Å². The maximum absolute atomic E-state index is 13.4. The predicted octanol–water partition coefficient (Wildman–Crippen LogP) is 3.63. The Morgan fingerprint density at radius 3 is 1.91 bits per heavy atom. The molecule has 10 heteroatoms. The van der Waals surface area contributed by atoms with E-state index in [2.05, 4.69) is 4.18 Å². The van der Waals surface area contributed by atoms with Crippen LogP contribution in [-0.4, -0.2) is 32.8 Å². The van der Waals surface area contributed by atoms with Crippen LogP contribution in [-0.2, 0) is 14.3 Å². The Morgan fingerprint density at radius 2 is 1.50 bits per heavy atom. The number of halogens is 6. The van der Waals surface area contributed by atoms with Crippen molar-refractivity contribution >= 4 is 10.1 Å². The van der Waals surface area contributed by atoms with E-state index in [-0.39, 0.29) is 6.92 Å². The van der Waals surface area contributed by atoms with Crippen molar-refractivity contribution in [1.29, 1.82) is 0 Å². The molecule has 0 aliphatic rings. The van der Waals surface area contributed by atoms with E-state index >= 15 is 0 Å². The Morgan fingerprint density at radius 1 is 1.05 bits per heavy atom. The summed E-state index contributed by atoms with van der Waals surface area (Å²) in [4.78, 5) is -0.825. The molecule has 126 valence electrons. The van der Waals surface area contributed by atoms with E-state index in [0.29, 0.717) is 5.56 Å². The van der Waals surface area contributed by atoms with E-state index in [1.165, 1.54) is 12.1 Å². The smallest absolute Gasteiger partial charge is 0.247 e. The number of hydrogen-bond acceptors (Lipinski definition) is 3. The van der Waals surface area contributed by atoms with E-state index in [0.717, 1.165) is 12.1 Å². The molecule has 0 bridgehead atoms. The molecule has 0 fully saturated rings. The van der Waals surface area contributed by atoms with Gasteiger partial charge in [0.15, 0.2) is 0 Å². The van der Waals surface area contributed by atoms with Crippen molar-refractivity contribution in [2.24, 2.45) is 0 Å². The average Bonchev–Trinajstić information content (AvgIpc) is 2.37. The summed E-state index contributed by atoms with van der Waals surface area (Å²) in [5.41, 5.74) is -3.73. The highest BCUT2D eigenvalue weighted by Crippen LogP contribution is 2.46. The molecule has 1 unspecified atom stereocenters. The van der Waals surface area contributed by atoms with Crippen LogP contribution < -0.4 is 0 Å². The predicted molar refractivity (Wildman–Crippen MR) is 64.8 cm³/mol. The molecular formula is C12H12F6O3S. The molecule has 0 N–H and O–H groups in total. The summed E-state index contributed by atoms with van der Waals surface area (Å²) in [6, 6.07) is 4.13. The van der Waals surface area contributed by atoms with Crippen LogP contribution in [0.1, 0.15) is 12.5 Å². The van der Waals surface area contributed by atoms with Crippen LogP contribution in [0, 0.1) is 6.92 Å². The van der Waals surface area contributed by atoms with Gasteiger partial charge in [0.2, 0.25) is 5.67 Å². The molecule has 1 atom stereocenters. The first-order valence-corrected chi connectivity index (χ1v) is 7.20. The Hall–Kier alpha value is -1.29. The molecule has 0 aliphatic carbocycles. The van der Waals surface area contributed by atoms with Crippen molar-refractivity contribution in [1.82, 2.24) is 0 Å². The summed E-state index contributed by atoms with van der Waals surface area (Å²) in [7, 11) is -5.31. The molecule has 1 aromatic carbocycles. The number of aryl methyl sites for hydroxylation is 1. The van der Waals surface area contributed by atoms with Gasteiger partial charge in [-0.25, -0.2) is 8.78 Å². The van der Waals surface area contributed by atoms with Crippen molar-refractivity contribution in [3.05, 3.63) is 29.8 Å². The lowest BCUT2D eigenvalue weighted by Gasteiger charge is -2.32. The van der Waals surface area contributed by atoms with Crippen LogP contribution in [0.2, 0.25) is 0 Å². The zero-order chi connectivity index (χ0) is 17.4. The second-order valence-electron chi connectivity index (χ2n) is 4.77. The molecule has 0 saturated carbocycles. The Balaban J connectivity index is 3.18. The van der Waals surface area contributed by atoms with E-state index in [1.54, 1.807) is 6.92 Å². The van der Waals surface area contributed by atoms with E-state index < -0.39 is 39.4 Å². The summed E-state index contributed by atoms with van der Waals surface area (Å²) < 4.78 is 105. The minimum absolute atomic E-state index is 0.122. The minimum Gasteiger partial charge on any atom is -0.247 e. The standard InChI is InChI=1S/C12H12F6O3S/c1-8-3-5-9(6-4-8)22(19,20)21-12(17,18)11(15,16)10(2,14)7-13/h3-6H,7H2,1-2H3. The molecule has 0 aliphatic heterocycles. The monoisotopic (exact) mass is 350 g/mol. The Kier molecular flexibility index (Phi) is 4.88. The zero-order valence-corrected chi connectivity index (χ0v) is 12.2. The lowest BCUT2D eigenvalue weighted by Crippen LogP contribution is -2.57. The van der Waals surface area contributed by atoms with Gasteiger partial charge in [-0.1, -0.05) is 17.7 Å². The summed E-state index contributed by atoms with van der Waals surface area (Å²) in [5.74, 6) is -5.70. The molecule has 1 rings (SSSR count). The average molecular weight is 350 g/mol. The summed E-state index contributed by atoms with van der Waals surface area (Å²) in [5, 5.41) is 0. The van der Waals surface area contributed by atoms with Gasteiger partial charge in [0, 0.05) is 0 Å². The molecule has 0 spiro atoms. The number of benzene rings is 1. The van der Waals surface area contributed by atoms with E-state index in [1.807, 2.05) is 0 Å². The van der Waals surface area contributed by atoms with Gasteiger partial charge in [-0.15, -0.1) is 0 Å². The van der Waals surface area contributed by atoms with Gasteiger partial charge >= 0.3 is 22.1 Å². The van der Waals surface area contributed by atoms with Crippen LogP contribution in [0.15, 0.2) is 29.2 Å². The molecular weight excluding hydrogens is 338 g/mol. The van der Waals surface area contributed by atoms with Crippen LogP contribution in [0.4, 0.5) is 26.3 Å². The molecule has 0 radical (unpaired) electrons. The fraction of sp³-hybridized carbons (Fsp3) is 0.500. The first-order valence-electron chi connectivity index (χ1n) is 5.80. The Labute approximate surface area is 123 Å². The van der Waals surface area contributed by atoms with Gasteiger partial charge in [-0.3, -0.25) is 0 Å². The SMILES string of the molecule is Cc1ccc(S(=O)(=O)OC(F)(F)C(F)(F)C(C)(F)CF)cc1. The summed E-state index contributed by atoms with van der Waals surface area (Å²) >= 11 is 0. The molecule has 22 heavy (non-hydrogen) atoms. The van der Waals surface area contributed by atoms with Crippen molar-refractivity contribution in [2.75, 3.05) is 6.67 Å². The summed E-state index contributed by atoms with van der Waals surface area (Å²) in [6.45, 7) is -1.01. The molecule has 0 aromatic heterocycles. The fourth-order valence-corrected chi connectivity index (χ4v) is 2.28. The Bertz CT molecular complexity index is 625. The number of alkyl halides is 6. The quantitative estimate of drug-likeness (QED) is 0.581. The lowest BCUT2D eigenvalue weighted by atomic mass is 10.0. The lowest BCUT2D eigenvalue weighted by molar-refractivity contribution is -0.345. The van der Waals surface area contributed by atoms with Crippen molar-refractivity contribution < 1.29 is 38.9 Å². The third-order valence-corrected chi connectivity index (χ3v) is 4.07. The zero-order valence-electron chi connectivity index (χ0n) is 11.4. The first-order chi connectivity index (χ1) is 9.77. The highest BCUT2D eigenvalue weighted by molar-refractivity contribution is 7.86. The van der Waals surface area contributed by atoms with Crippen molar-refractivity contribution in [3.63, 3.8) is 0 Å². The topological polar surface area (TPSA) is 43.4 Å². The number of rotatable bonds is 6. The molecule has 0 heterocycles. The van der Waals surface area contributed by atoms with E-state index in [9.17, 15) is 34.8 Å².